The van der Waals surface area contributed by atoms with Crippen LogP contribution in [0, 0.1) is 0 Å². The third-order valence-corrected chi connectivity index (χ3v) is 4.99. The molecule has 4 nitrogen and oxygen atoms in total. The summed E-state index contributed by atoms with van der Waals surface area (Å²) in [7, 11) is 6.49. The van der Waals surface area contributed by atoms with Crippen LogP contribution in [-0.2, 0) is 4.74 Å². The Morgan fingerprint density at radius 2 is 1.10 bits per heavy atom. The van der Waals surface area contributed by atoms with Gasteiger partial charge in [-0.1, -0.05) is 6.42 Å². The normalized spacial score (nSPS) is 25.3. The van der Waals surface area contributed by atoms with Crippen molar-refractivity contribution in [2.24, 2.45) is 0 Å². The van der Waals surface area contributed by atoms with Gasteiger partial charge in [0, 0.05) is 37.7 Å². The van der Waals surface area contributed by atoms with Crippen LogP contribution in [0.2, 0.25) is 0 Å². The van der Waals surface area contributed by atoms with E-state index >= 15 is 0 Å². The Hall–Kier alpha value is 0.190. The Bertz CT molecular complexity index is 188. The average Bonchev–Trinajstić information content (AvgIpc) is 2.51. The molecular formula is C16H35N3OS. The number of likely N-dealkylation sites (tertiary alicyclic amines) is 1. The summed E-state index contributed by atoms with van der Waals surface area (Å²) in [5, 5.41) is 0. The number of thioether (sulfide) groups is 1. The van der Waals surface area contributed by atoms with E-state index in [4.69, 9.17) is 4.74 Å². The summed E-state index contributed by atoms with van der Waals surface area (Å²) in [5.74, 6) is 2.66. The van der Waals surface area contributed by atoms with Crippen molar-refractivity contribution in [2.75, 3.05) is 85.1 Å². The molecule has 0 aromatic carbocycles. The van der Waals surface area contributed by atoms with Gasteiger partial charge in [0.25, 0.3) is 0 Å². The molecule has 0 atom stereocenters. The molecule has 3 aliphatic heterocycles. The van der Waals surface area contributed by atoms with Crippen LogP contribution in [0.5, 0.6) is 0 Å². The van der Waals surface area contributed by atoms with Crippen molar-refractivity contribution < 1.29 is 4.74 Å². The van der Waals surface area contributed by atoms with E-state index in [2.05, 4.69) is 47.6 Å². The molecule has 3 saturated heterocycles. The van der Waals surface area contributed by atoms with Gasteiger partial charge >= 0.3 is 0 Å². The van der Waals surface area contributed by atoms with Crippen LogP contribution in [0.25, 0.3) is 0 Å². The zero-order valence-corrected chi connectivity index (χ0v) is 15.2. The van der Waals surface area contributed by atoms with Crippen LogP contribution in [0.4, 0.5) is 0 Å². The Balaban J connectivity index is 0.000000157. The SMILES string of the molecule is CN1CCCCC1.CN1CCOCC1.CN1CCSCC1. The number of piperidine rings is 1. The second-order valence-electron chi connectivity index (χ2n) is 6.20. The fraction of sp³-hybridized carbons (Fsp3) is 1.00. The molecule has 0 aromatic rings. The van der Waals surface area contributed by atoms with E-state index in [9.17, 15) is 0 Å². The van der Waals surface area contributed by atoms with E-state index in [1.165, 1.54) is 56.9 Å². The highest BCUT2D eigenvalue weighted by molar-refractivity contribution is 7.99. The fourth-order valence-corrected chi connectivity index (χ4v) is 3.45. The minimum atomic E-state index is 0.913. The highest BCUT2D eigenvalue weighted by Gasteiger charge is 2.03. The lowest BCUT2D eigenvalue weighted by Gasteiger charge is -2.21. The molecule has 0 N–H and O–H groups in total. The van der Waals surface area contributed by atoms with Crippen LogP contribution in [0.1, 0.15) is 19.3 Å². The lowest BCUT2D eigenvalue weighted by molar-refractivity contribution is 0.0503. The van der Waals surface area contributed by atoms with E-state index in [0.29, 0.717) is 0 Å². The van der Waals surface area contributed by atoms with Crippen molar-refractivity contribution in [1.29, 1.82) is 0 Å². The minimum Gasteiger partial charge on any atom is -0.379 e. The molecule has 3 heterocycles. The molecular weight excluding hydrogens is 282 g/mol. The monoisotopic (exact) mass is 317 g/mol. The van der Waals surface area contributed by atoms with E-state index < -0.39 is 0 Å². The maximum Gasteiger partial charge on any atom is 0.0594 e. The van der Waals surface area contributed by atoms with Crippen molar-refractivity contribution >= 4 is 11.8 Å². The van der Waals surface area contributed by atoms with E-state index in [0.717, 1.165) is 26.3 Å². The van der Waals surface area contributed by atoms with Gasteiger partial charge in [0.05, 0.1) is 13.2 Å². The number of nitrogens with zero attached hydrogens (tertiary/aromatic N) is 3. The molecule has 3 fully saturated rings. The first-order chi connectivity index (χ1) is 10.2. The Labute approximate surface area is 136 Å². The molecule has 0 bridgehead atoms. The smallest absolute Gasteiger partial charge is 0.0594 e. The zero-order chi connectivity index (χ0) is 15.3. The Morgan fingerprint density at radius 1 is 0.619 bits per heavy atom. The van der Waals surface area contributed by atoms with Crippen LogP contribution in [-0.4, -0.2) is 99.8 Å². The predicted octanol–water partition coefficient (Wildman–Crippen LogP) is 1.72. The number of likely N-dealkylation sites (N-methyl/N-ethyl adjacent to an activating group) is 1. The van der Waals surface area contributed by atoms with Gasteiger partial charge in [-0.3, -0.25) is 0 Å². The van der Waals surface area contributed by atoms with Gasteiger partial charge in [0.2, 0.25) is 0 Å². The number of hydrogen-bond acceptors (Lipinski definition) is 5. The molecule has 0 amide bonds. The third kappa shape index (κ3) is 11.4. The molecule has 0 unspecified atom stereocenters. The van der Waals surface area contributed by atoms with Crippen molar-refractivity contribution in [3.8, 4) is 0 Å². The van der Waals surface area contributed by atoms with Gasteiger partial charge in [-0.05, 0) is 47.1 Å². The van der Waals surface area contributed by atoms with Crippen molar-refractivity contribution in [3.05, 3.63) is 0 Å². The zero-order valence-electron chi connectivity index (χ0n) is 14.4. The summed E-state index contributed by atoms with van der Waals surface area (Å²) in [6.45, 7) is 9.22. The molecule has 3 aliphatic rings. The van der Waals surface area contributed by atoms with E-state index in [-0.39, 0.29) is 0 Å². The van der Waals surface area contributed by atoms with Gasteiger partial charge < -0.3 is 19.4 Å². The van der Waals surface area contributed by atoms with Gasteiger partial charge in [-0.25, -0.2) is 0 Å². The summed E-state index contributed by atoms with van der Waals surface area (Å²) in [4.78, 5) is 7.03. The molecule has 5 heteroatoms. The maximum absolute atomic E-state index is 5.10. The van der Waals surface area contributed by atoms with Crippen LogP contribution in [0.3, 0.4) is 0 Å². The Morgan fingerprint density at radius 3 is 1.38 bits per heavy atom. The van der Waals surface area contributed by atoms with Gasteiger partial charge in [-0.15, -0.1) is 0 Å². The summed E-state index contributed by atoms with van der Waals surface area (Å²) in [6.07, 6.45) is 4.28. The lowest BCUT2D eigenvalue weighted by Crippen LogP contribution is -2.32. The first-order valence-corrected chi connectivity index (χ1v) is 9.55. The standard InChI is InChI=1S/C6H13N.C5H11NO.C5H11NS/c1-7-5-3-2-4-6-7;2*1-6-2-4-7-5-3-6/h2-6H2,1H3;2*2-5H2,1H3. The summed E-state index contributed by atoms with van der Waals surface area (Å²) in [5.41, 5.74) is 0. The summed E-state index contributed by atoms with van der Waals surface area (Å²) >= 11 is 2.06. The first-order valence-electron chi connectivity index (χ1n) is 8.39. The van der Waals surface area contributed by atoms with Crippen LogP contribution >= 0.6 is 11.8 Å². The van der Waals surface area contributed by atoms with Crippen molar-refractivity contribution in [3.63, 3.8) is 0 Å². The first kappa shape index (κ1) is 19.2. The van der Waals surface area contributed by atoms with Gasteiger partial charge in [0.15, 0.2) is 0 Å². The summed E-state index contributed by atoms with van der Waals surface area (Å²) in [6, 6.07) is 0. The number of morpholine rings is 1. The highest BCUT2D eigenvalue weighted by atomic mass is 32.2. The topological polar surface area (TPSA) is 19.0 Å². The molecule has 126 valence electrons. The number of rotatable bonds is 0. The molecule has 21 heavy (non-hydrogen) atoms. The molecule has 0 aliphatic carbocycles. The fourth-order valence-electron chi connectivity index (χ4n) is 2.36. The quantitative estimate of drug-likeness (QED) is 0.675. The van der Waals surface area contributed by atoms with Crippen molar-refractivity contribution in [1.82, 2.24) is 14.7 Å². The second kappa shape index (κ2) is 12.7. The molecule has 0 spiro atoms. The molecule has 0 saturated carbocycles. The predicted molar refractivity (Wildman–Crippen MR) is 94.5 cm³/mol. The number of ether oxygens (including phenoxy) is 1. The Kier molecular flexibility index (Phi) is 11.6. The highest BCUT2D eigenvalue weighted by Crippen LogP contribution is 2.06. The van der Waals surface area contributed by atoms with E-state index in [1.807, 2.05) is 0 Å². The third-order valence-electron chi connectivity index (χ3n) is 4.05. The number of hydrogen-bond donors (Lipinski definition) is 0. The summed E-state index contributed by atoms with van der Waals surface area (Å²) < 4.78 is 5.10. The minimum absolute atomic E-state index is 0.913. The molecule has 0 aromatic heterocycles. The van der Waals surface area contributed by atoms with Crippen LogP contribution < -0.4 is 0 Å². The van der Waals surface area contributed by atoms with E-state index in [1.54, 1.807) is 0 Å². The maximum atomic E-state index is 5.10. The van der Waals surface area contributed by atoms with Crippen molar-refractivity contribution in [2.45, 2.75) is 19.3 Å². The van der Waals surface area contributed by atoms with Gasteiger partial charge in [0.1, 0.15) is 0 Å². The van der Waals surface area contributed by atoms with Gasteiger partial charge in [-0.2, -0.15) is 11.8 Å². The van der Waals surface area contributed by atoms with Crippen LogP contribution in [0.15, 0.2) is 0 Å². The lowest BCUT2D eigenvalue weighted by atomic mass is 10.1. The average molecular weight is 318 g/mol. The largest absolute Gasteiger partial charge is 0.379 e. The molecule has 3 rings (SSSR count). The second-order valence-corrected chi connectivity index (χ2v) is 7.42. The molecule has 0 radical (unpaired) electrons.